The van der Waals surface area contributed by atoms with Crippen LogP contribution in [0.5, 0.6) is 11.6 Å². The zero-order chi connectivity index (χ0) is 11.4. The molecule has 0 unspecified atom stereocenters. The van der Waals surface area contributed by atoms with Gasteiger partial charge in [0.2, 0.25) is 5.88 Å². The Bertz CT molecular complexity index is 519. The van der Waals surface area contributed by atoms with E-state index in [1.54, 1.807) is 12.1 Å². The molecular formula is C11H11N3O2. The monoisotopic (exact) mass is 217 g/mol. The molecule has 0 radical (unpaired) electrons. The van der Waals surface area contributed by atoms with Crippen LogP contribution in [-0.2, 0) is 6.54 Å². The first-order chi connectivity index (χ1) is 7.78. The van der Waals surface area contributed by atoms with Crippen molar-refractivity contribution in [3.8, 4) is 11.6 Å². The number of nitrogens with zero attached hydrogens (tertiary/aromatic N) is 1. The number of H-pyrrole nitrogens is 1. The molecule has 0 bridgehead atoms. The van der Waals surface area contributed by atoms with E-state index in [1.165, 1.54) is 12.4 Å². The maximum atomic E-state index is 11.0. The summed E-state index contributed by atoms with van der Waals surface area (Å²) in [5.41, 5.74) is 6.25. The fraction of sp³-hybridized carbons (Fsp3) is 0.0909. The van der Waals surface area contributed by atoms with Gasteiger partial charge in [-0.05, 0) is 17.7 Å². The van der Waals surface area contributed by atoms with Crippen LogP contribution in [0.4, 0.5) is 0 Å². The van der Waals surface area contributed by atoms with Crippen molar-refractivity contribution in [1.82, 2.24) is 9.97 Å². The van der Waals surface area contributed by atoms with Gasteiger partial charge in [-0.2, -0.15) is 0 Å². The molecule has 2 aromatic rings. The van der Waals surface area contributed by atoms with E-state index in [2.05, 4.69) is 9.97 Å². The first-order valence-corrected chi connectivity index (χ1v) is 4.79. The molecule has 0 spiro atoms. The third kappa shape index (κ3) is 2.46. The fourth-order valence-corrected chi connectivity index (χ4v) is 1.22. The number of nitrogens with two attached hydrogens (primary N) is 1. The standard InChI is InChI=1S/C11H11N3O2/c12-6-8-1-3-9(4-2-8)16-11-5-10(15)13-7-14-11/h1-5,7H,6,12H2,(H,13,14,15). The Morgan fingerprint density at radius 3 is 2.69 bits per heavy atom. The lowest BCUT2D eigenvalue weighted by Gasteiger charge is -2.04. The van der Waals surface area contributed by atoms with Gasteiger partial charge in [0.15, 0.2) is 0 Å². The second-order valence-electron chi connectivity index (χ2n) is 3.20. The van der Waals surface area contributed by atoms with Crippen molar-refractivity contribution in [1.29, 1.82) is 0 Å². The first-order valence-electron chi connectivity index (χ1n) is 4.79. The smallest absolute Gasteiger partial charge is 0.254 e. The van der Waals surface area contributed by atoms with E-state index < -0.39 is 0 Å². The van der Waals surface area contributed by atoms with Gasteiger partial charge in [-0.25, -0.2) is 4.98 Å². The molecule has 0 saturated carbocycles. The summed E-state index contributed by atoms with van der Waals surface area (Å²) in [6, 6.07) is 8.58. The number of nitrogens with one attached hydrogen (secondary N) is 1. The van der Waals surface area contributed by atoms with E-state index in [-0.39, 0.29) is 11.4 Å². The van der Waals surface area contributed by atoms with E-state index in [0.29, 0.717) is 12.3 Å². The lowest BCUT2D eigenvalue weighted by atomic mass is 10.2. The molecular weight excluding hydrogens is 206 g/mol. The van der Waals surface area contributed by atoms with E-state index in [4.69, 9.17) is 10.5 Å². The summed E-state index contributed by atoms with van der Waals surface area (Å²) in [5.74, 6) is 0.888. The first kappa shape index (κ1) is 10.4. The van der Waals surface area contributed by atoms with Crippen molar-refractivity contribution in [2.75, 3.05) is 0 Å². The molecule has 0 aliphatic rings. The lowest BCUT2D eigenvalue weighted by Crippen LogP contribution is -2.04. The highest BCUT2D eigenvalue weighted by Crippen LogP contribution is 2.17. The molecule has 3 N–H and O–H groups in total. The molecule has 0 aliphatic heterocycles. The molecule has 16 heavy (non-hydrogen) atoms. The van der Waals surface area contributed by atoms with Gasteiger partial charge in [-0.3, -0.25) is 4.79 Å². The molecule has 0 aliphatic carbocycles. The molecule has 1 aromatic carbocycles. The Hall–Kier alpha value is -2.14. The Balaban J connectivity index is 2.17. The molecule has 2 rings (SSSR count). The zero-order valence-corrected chi connectivity index (χ0v) is 8.51. The van der Waals surface area contributed by atoms with Crippen molar-refractivity contribution in [3.05, 3.63) is 52.6 Å². The summed E-state index contributed by atoms with van der Waals surface area (Å²) in [7, 11) is 0. The van der Waals surface area contributed by atoms with E-state index in [1.807, 2.05) is 12.1 Å². The molecule has 1 aromatic heterocycles. The van der Waals surface area contributed by atoms with E-state index >= 15 is 0 Å². The number of aromatic nitrogens is 2. The van der Waals surface area contributed by atoms with Gasteiger partial charge in [0, 0.05) is 6.54 Å². The van der Waals surface area contributed by atoms with Crippen LogP contribution in [0.15, 0.2) is 41.5 Å². The summed E-state index contributed by atoms with van der Waals surface area (Å²) in [6.07, 6.45) is 1.30. The van der Waals surface area contributed by atoms with Crippen LogP contribution in [0, 0.1) is 0 Å². The minimum Gasteiger partial charge on any atom is -0.439 e. The third-order valence-corrected chi connectivity index (χ3v) is 2.03. The number of hydrogen-bond acceptors (Lipinski definition) is 4. The highest BCUT2D eigenvalue weighted by atomic mass is 16.5. The Morgan fingerprint density at radius 1 is 1.31 bits per heavy atom. The summed E-state index contributed by atoms with van der Waals surface area (Å²) >= 11 is 0. The van der Waals surface area contributed by atoms with Gasteiger partial charge in [0.1, 0.15) is 5.75 Å². The van der Waals surface area contributed by atoms with Gasteiger partial charge in [0.05, 0.1) is 12.4 Å². The van der Waals surface area contributed by atoms with Crippen molar-refractivity contribution in [2.45, 2.75) is 6.54 Å². The highest BCUT2D eigenvalue weighted by Gasteiger charge is 1.98. The third-order valence-electron chi connectivity index (χ3n) is 2.03. The maximum Gasteiger partial charge on any atom is 0.254 e. The average Bonchev–Trinajstić information content (AvgIpc) is 2.30. The molecule has 1 heterocycles. The number of benzene rings is 1. The number of aromatic amines is 1. The fourth-order valence-electron chi connectivity index (χ4n) is 1.22. The number of ether oxygens (including phenoxy) is 1. The van der Waals surface area contributed by atoms with Crippen molar-refractivity contribution in [2.24, 2.45) is 5.73 Å². The van der Waals surface area contributed by atoms with Gasteiger partial charge in [0.25, 0.3) is 5.56 Å². The SMILES string of the molecule is NCc1ccc(Oc2cc(=O)[nH]cn2)cc1. The summed E-state index contributed by atoms with van der Waals surface area (Å²) in [5, 5.41) is 0. The second kappa shape index (κ2) is 4.59. The topological polar surface area (TPSA) is 81.0 Å². The zero-order valence-electron chi connectivity index (χ0n) is 8.51. The number of rotatable bonds is 3. The maximum absolute atomic E-state index is 11.0. The highest BCUT2D eigenvalue weighted by molar-refractivity contribution is 5.29. The Labute approximate surface area is 91.9 Å². The van der Waals surface area contributed by atoms with Gasteiger partial charge >= 0.3 is 0 Å². The van der Waals surface area contributed by atoms with Gasteiger partial charge in [-0.15, -0.1) is 0 Å². The molecule has 5 nitrogen and oxygen atoms in total. The van der Waals surface area contributed by atoms with Crippen LogP contribution < -0.4 is 16.0 Å². The van der Waals surface area contributed by atoms with Crippen LogP contribution >= 0.6 is 0 Å². The van der Waals surface area contributed by atoms with Crippen LogP contribution in [0.2, 0.25) is 0 Å². The summed E-state index contributed by atoms with van der Waals surface area (Å²) < 4.78 is 5.39. The van der Waals surface area contributed by atoms with Crippen molar-refractivity contribution >= 4 is 0 Å². The largest absolute Gasteiger partial charge is 0.439 e. The molecule has 0 amide bonds. The normalized spacial score (nSPS) is 10.1. The van der Waals surface area contributed by atoms with Gasteiger partial charge < -0.3 is 15.5 Å². The van der Waals surface area contributed by atoms with E-state index in [0.717, 1.165) is 5.56 Å². The number of hydrogen-bond donors (Lipinski definition) is 2. The van der Waals surface area contributed by atoms with Gasteiger partial charge in [-0.1, -0.05) is 12.1 Å². The van der Waals surface area contributed by atoms with E-state index in [9.17, 15) is 4.79 Å². The lowest BCUT2D eigenvalue weighted by molar-refractivity contribution is 0.460. The minimum absolute atomic E-state index is 0.247. The summed E-state index contributed by atoms with van der Waals surface area (Å²) in [6.45, 7) is 0.490. The predicted molar refractivity (Wildman–Crippen MR) is 59.3 cm³/mol. The average molecular weight is 217 g/mol. The van der Waals surface area contributed by atoms with Crippen LogP contribution in [-0.4, -0.2) is 9.97 Å². The molecule has 0 atom stereocenters. The van der Waals surface area contributed by atoms with Crippen molar-refractivity contribution < 1.29 is 4.74 Å². The van der Waals surface area contributed by atoms with Crippen LogP contribution in [0.25, 0.3) is 0 Å². The quantitative estimate of drug-likeness (QED) is 0.804. The minimum atomic E-state index is -0.247. The predicted octanol–water partition coefficient (Wildman–Crippen LogP) is 1.02. The Kier molecular flexibility index (Phi) is 2.98. The van der Waals surface area contributed by atoms with Crippen molar-refractivity contribution in [3.63, 3.8) is 0 Å². The molecule has 5 heteroatoms. The second-order valence-corrected chi connectivity index (χ2v) is 3.20. The summed E-state index contributed by atoms with van der Waals surface area (Å²) in [4.78, 5) is 17.3. The van der Waals surface area contributed by atoms with Crippen LogP contribution in [0.1, 0.15) is 5.56 Å². The molecule has 82 valence electrons. The molecule has 0 fully saturated rings. The van der Waals surface area contributed by atoms with Crippen LogP contribution in [0.3, 0.4) is 0 Å². The Morgan fingerprint density at radius 2 is 2.06 bits per heavy atom. The molecule has 0 saturated heterocycles.